The van der Waals surface area contributed by atoms with Crippen LogP contribution in [-0.4, -0.2) is 48.3 Å². The van der Waals surface area contributed by atoms with Crippen LogP contribution in [0.25, 0.3) is 0 Å². The van der Waals surface area contributed by atoms with Crippen LogP contribution >= 0.6 is 0 Å². The summed E-state index contributed by atoms with van der Waals surface area (Å²) in [5.74, 6) is 0.953. The molecule has 16 heavy (non-hydrogen) atoms. The van der Waals surface area contributed by atoms with Gasteiger partial charge in [-0.2, -0.15) is 0 Å². The van der Waals surface area contributed by atoms with Gasteiger partial charge >= 0.3 is 0 Å². The van der Waals surface area contributed by atoms with Crippen molar-refractivity contribution in [2.45, 2.75) is 51.1 Å². The van der Waals surface area contributed by atoms with Gasteiger partial charge in [0.25, 0.3) is 0 Å². The third kappa shape index (κ3) is 2.76. The van der Waals surface area contributed by atoms with Crippen LogP contribution in [-0.2, 0) is 0 Å². The second kappa shape index (κ2) is 5.99. The van der Waals surface area contributed by atoms with Crippen molar-refractivity contribution in [1.82, 2.24) is 10.2 Å². The van der Waals surface area contributed by atoms with Gasteiger partial charge in [0.1, 0.15) is 0 Å². The molecule has 1 saturated carbocycles. The van der Waals surface area contributed by atoms with E-state index in [9.17, 15) is 5.11 Å². The molecule has 2 rings (SSSR count). The largest absolute Gasteiger partial charge is 0.395 e. The number of hydrogen-bond acceptors (Lipinski definition) is 3. The van der Waals surface area contributed by atoms with Gasteiger partial charge in [0.05, 0.1) is 6.61 Å². The number of likely N-dealkylation sites (N-methyl/N-ethyl adjacent to an activating group) is 1. The molecule has 0 aromatic heterocycles. The number of nitrogens with one attached hydrogen (secondary N) is 1. The number of likely N-dealkylation sites (tertiary alicyclic amines) is 1. The van der Waals surface area contributed by atoms with Crippen molar-refractivity contribution in [2.24, 2.45) is 5.92 Å². The molecule has 3 nitrogen and oxygen atoms in total. The Morgan fingerprint density at radius 2 is 2.12 bits per heavy atom. The summed E-state index contributed by atoms with van der Waals surface area (Å²) in [7, 11) is 0. The summed E-state index contributed by atoms with van der Waals surface area (Å²) in [5.41, 5.74) is 0. The minimum absolute atomic E-state index is 0.266. The highest BCUT2D eigenvalue weighted by Crippen LogP contribution is 2.35. The maximum Gasteiger partial charge on any atom is 0.0597 e. The molecule has 1 aliphatic carbocycles. The standard InChI is InChI=1S/C13H26N2O/c1-2-14-12(10-16)9-15-8-7-11-5-3-4-6-13(11)15/h11-14,16H,2-10H2,1H3. The number of fused-ring (bicyclic) bond motifs is 1. The Morgan fingerprint density at radius 3 is 2.88 bits per heavy atom. The molecular weight excluding hydrogens is 200 g/mol. The van der Waals surface area contributed by atoms with Gasteiger partial charge in [-0.1, -0.05) is 19.8 Å². The van der Waals surface area contributed by atoms with Gasteiger partial charge in [0, 0.05) is 18.6 Å². The highest BCUT2D eigenvalue weighted by molar-refractivity contribution is 4.91. The first-order chi connectivity index (χ1) is 7.85. The number of nitrogens with zero attached hydrogens (tertiary/aromatic N) is 1. The van der Waals surface area contributed by atoms with Gasteiger partial charge in [-0.05, 0) is 38.3 Å². The Balaban J connectivity index is 1.84. The lowest BCUT2D eigenvalue weighted by molar-refractivity contribution is 0.142. The SMILES string of the molecule is CCNC(CO)CN1CCC2CCCCC21. The van der Waals surface area contributed by atoms with E-state index in [1.54, 1.807) is 0 Å². The minimum atomic E-state index is 0.266. The van der Waals surface area contributed by atoms with Crippen molar-refractivity contribution >= 4 is 0 Å². The van der Waals surface area contributed by atoms with Crippen molar-refractivity contribution in [2.75, 3.05) is 26.2 Å². The maximum absolute atomic E-state index is 9.32. The second-order valence-corrected chi connectivity index (χ2v) is 5.33. The quantitative estimate of drug-likeness (QED) is 0.740. The molecule has 1 aliphatic heterocycles. The predicted octanol–water partition coefficient (Wildman–Crippen LogP) is 1.22. The fourth-order valence-electron chi connectivity index (χ4n) is 3.49. The molecule has 0 spiro atoms. The molecule has 3 atom stereocenters. The molecule has 94 valence electrons. The van der Waals surface area contributed by atoms with E-state index < -0.39 is 0 Å². The summed E-state index contributed by atoms with van der Waals surface area (Å²) in [6.45, 7) is 5.60. The van der Waals surface area contributed by atoms with Gasteiger partial charge in [-0.3, -0.25) is 4.90 Å². The zero-order valence-corrected chi connectivity index (χ0v) is 10.5. The van der Waals surface area contributed by atoms with Crippen LogP contribution in [0.1, 0.15) is 39.0 Å². The maximum atomic E-state index is 9.32. The Bertz CT molecular complexity index is 210. The highest BCUT2D eigenvalue weighted by atomic mass is 16.3. The average Bonchev–Trinajstić information content (AvgIpc) is 2.72. The van der Waals surface area contributed by atoms with E-state index in [0.29, 0.717) is 0 Å². The molecule has 0 aromatic rings. The first-order valence-electron chi connectivity index (χ1n) is 6.93. The monoisotopic (exact) mass is 226 g/mol. The fraction of sp³-hybridized carbons (Fsp3) is 1.00. The topological polar surface area (TPSA) is 35.5 Å². The van der Waals surface area contributed by atoms with Crippen molar-refractivity contribution in [1.29, 1.82) is 0 Å². The lowest BCUT2D eigenvalue weighted by Crippen LogP contribution is -2.46. The van der Waals surface area contributed by atoms with Gasteiger partial charge in [-0.25, -0.2) is 0 Å². The zero-order chi connectivity index (χ0) is 11.4. The molecule has 3 heteroatoms. The van der Waals surface area contributed by atoms with E-state index in [1.165, 1.54) is 38.6 Å². The van der Waals surface area contributed by atoms with E-state index in [4.69, 9.17) is 0 Å². The third-order valence-electron chi connectivity index (χ3n) is 4.29. The number of rotatable bonds is 5. The smallest absolute Gasteiger partial charge is 0.0597 e. The second-order valence-electron chi connectivity index (χ2n) is 5.33. The molecule has 0 amide bonds. The summed E-state index contributed by atoms with van der Waals surface area (Å²) in [5, 5.41) is 12.7. The van der Waals surface area contributed by atoms with Crippen molar-refractivity contribution in [3.8, 4) is 0 Å². The molecule has 0 aromatic carbocycles. The lowest BCUT2D eigenvalue weighted by atomic mass is 9.85. The zero-order valence-electron chi connectivity index (χ0n) is 10.5. The van der Waals surface area contributed by atoms with Crippen LogP contribution in [0.5, 0.6) is 0 Å². The van der Waals surface area contributed by atoms with E-state index in [2.05, 4.69) is 17.1 Å². The van der Waals surface area contributed by atoms with Crippen molar-refractivity contribution in [3.05, 3.63) is 0 Å². The first-order valence-corrected chi connectivity index (χ1v) is 6.93. The molecule has 2 fully saturated rings. The van der Waals surface area contributed by atoms with E-state index in [-0.39, 0.29) is 12.6 Å². The number of aliphatic hydroxyl groups is 1. The van der Waals surface area contributed by atoms with E-state index >= 15 is 0 Å². The summed E-state index contributed by atoms with van der Waals surface area (Å²) in [6, 6.07) is 1.09. The van der Waals surface area contributed by atoms with Crippen molar-refractivity contribution < 1.29 is 5.11 Å². The molecular formula is C13H26N2O. The first kappa shape index (κ1) is 12.3. The van der Waals surface area contributed by atoms with Crippen molar-refractivity contribution in [3.63, 3.8) is 0 Å². The van der Waals surface area contributed by atoms with Crippen LogP contribution in [0.4, 0.5) is 0 Å². The summed E-state index contributed by atoms with van der Waals surface area (Å²) in [6.07, 6.45) is 7.05. The summed E-state index contributed by atoms with van der Waals surface area (Å²) in [4.78, 5) is 2.62. The van der Waals surface area contributed by atoms with Crippen LogP contribution < -0.4 is 5.32 Å². The molecule has 2 aliphatic rings. The van der Waals surface area contributed by atoms with Gasteiger partial charge in [-0.15, -0.1) is 0 Å². The number of aliphatic hydroxyl groups excluding tert-OH is 1. The highest BCUT2D eigenvalue weighted by Gasteiger charge is 2.36. The fourth-order valence-corrected chi connectivity index (χ4v) is 3.49. The molecule has 3 unspecified atom stereocenters. The van der Waals surface area contributed by atoms with Crippen LogP contribution in [0.15, 0.2) is 0 Å². The average molecular weight is 226 g/mol. The van der Waals surface area contributed by atoms with Gasteiger partial charge in [0.15, 0.2) is 0 Å². The Morgan fingerprint density at radius 1 is 1.31 bits per heavy atom. The van der Waals surface area contributed by atoms with Gasteiger partial charge in [0.2, 0.25) is 0 Å². The van der Waals surface area contributed by atoms with E-state index in [1.807, 2.05) is 0 Å². The summed E-state index contributed by atoms with van der Waals surface area (Å²) >= 11 is 0. The Kier molecular flexibility index (Phi) is 4.62. The predicted molar refractivity (Wildman–Crippen MR) is 66.5 cm³/mol. The Hall–Kier alpha value is -0.120. The third-order valence-corrected chi connectivity index (χ3v) is 4.29. The molecule has 1 heterocycles. The molecule has 0 radical (unpaired) electrons. The Labute approximate surface area is 99.2 Å². The van der Waals surface area contributed by atoms with E-state index in [0.717, 1.165) is 25.0 Å². The van der Waals surface area contributed by atoms with Crippen LogP contribution in [0.3, 0.4) is 0 Å². The van der Waals surface area contributed by atoms with Gasteiger partial charge < -0.3 is 10.4 Å². The molecule has 2 N–H and O–H groups in total. The molecule has 0 bridgehead atoms. The lowest BCUT2D eigenvalue weighted by Gasteiger charge is -2.33. The molecule has 1 saturated heterocycles. The number of hydrogen-bond donors (Lipinski definition) is 2. The normalized spacial score (nSPS) is 32.6. The van der Waals surface area contributed by atoms with Crippen LogP contribution in [0.2, 0.25) is 0 Å². The summed E-state index contributed by atoms with van der Waals surface area (Å²) < 4.78 is 0. The van der Waals surface area contributed by atoms with Crippen LogP contribution in [0, 0.1) is 5.92 Å². The minimum Gasteiger partial charge on any atom is -0.395 e.